The molecule has 0 radical (unpaired) electrons. The number of carboxylic acids is 1. The standard InChI is InChI=1S/C12H9ClFNO3/c1-2-9-10(12(16)17)11(15-18-9)7-5-6(13)3-4-8(7)14/h3-5H,2H2,1H3,(H,16,17). The molecule has 2 aromatic rings. The van der Waals surface area contributed by atoms with Crippen LogP contribution < -0.4 is 0 Å². The van der Waals surface area contributed by atoms with E-state index in [9.17, 15) is 9.18 Å². The lowest BCUT2D eigenvalue weighted by atomic mass is 10.0. The maximum atomic E-state index is 13.7. The fourth-order valence-electron chi connectivity index (χ4n) is 1.65. The van der Waals surface area contributed by atoms with Crippen LogP contribution in [0.25, 0.3) is 11.3 Å². The zero-order valence-electron chi connectivity index (χ0n) is 9.41. The highest BCUT2D eigenvalue weighted by Crippen LogP contribution is 2.30. The number of benzene rings is 1. The third kappa shape index (κ3) is 2.09. The number of rotatable bonds is 3. The molecule has 2 rings (SSSR count). The van der Waals surface area contributed by atoms with Crippen molar-refractivity contribution in [1.82, 2.24) is 5.16 Å². The van der Waals surface area contributed by atoms with Crippen LogP contribution in [0, 0.1) is 5.82 Å². The molecule has 0 unspecified atom stereocenters. The number of carbonyl (C=O) groups is 1. The average Bonchev–Trinajstić information content (AvgIpc) is 2.75. The van der Waals surface area contributed by atoms with Gasteiger partial charge in [-0.3, -0.25) is 0 Å². The van der Waals surface area contributed by atoms with E-state index in [1.807, 2.05) is 0 Å². The number of aromatic nitrogens is 1. The van der Waals surface area contributed by atoms with Gasteiger partial charge in [-0.1, -0.05) is 23.7 Å². The molecule has 1 N–H and O–H groups in total. The number of carboxylic acid groups (broad SMARTS) is 1. The average molecular weight is 270 g/mol. The van der Waals surface area contributed by atoms with Gasteiger partial charge in [-0.05, 0) is 18.2 Å². The second kappa shape index (κ2) is 4.78. The number of nitrogens with zero attached hydrogens (tertiary/aromatic N) is 1. The van der Waals surface area contributed by atoms with E-state index in [1.54, 1.807) is 6.92 Å². The first kappa shape index (κ1) is 12.6. The molecule has 0 aliphatic rings. The molecular formula is C12H9ClFNO3. The minimum absolute atomic E-state index is 0.0170. The number of hydrogen-bond acceptors (Lipinski definition) is 3. The first-order chi connectivity index (χ1) is 8.54. The summed E-state index contributed by atoms with van der Waals surface area (Å²) in [5, 5.41) is 13.1. The van der Waals surface area contributed by atoms with E-state index < -0.39 is 11.8 Å². The highest BCUT2D eigenvalue weighted by atomic mass is 35.5. The Morgan fingerprint density at radius 3 is 2.89 bits per heavy atom. The van der Waals surface area contributed by atoms with E-state index in [0.717, 1.165) is 6.07 Å². The normalized spacial score (nSPS) is 10.6. The molecule has 0 fully saturated rings. The van der Waals surface area contributed by atoms with Crippen molar-refractivity contribution in [3.05, 3.63) is 40.4 Å². The maximum Gasteiger partial charge on any atom is 0.341 e. The van der Waals surface area contributed by atoms with Crippen molar-refractivity contribution in [2.75, 3.05) is 0 Å². The van der Waals surface area contributed by atoms with Gasteiger partial charge in [0.05, 0.1) is 0 Å². The van der Waals surface area contributed by atoms with Crippen molar-refractivity contribution >= 4 is 17.6 Å². The summed E-state index contributed by atoms with van der Waals surface area (Å²) in [4.78, 5) is 11.2. The molecule has 0 spiro atoms. The summed E-state index contributed by atoms with van der Waals surface area (Å²) in [6, 6.07) is 3.85. The van der Waals surface area contributed by atoms with Gasteiger partial charge in [0.25, 0.3) is 0 Å². The Morgan fingerprint density at radius 2 is 2.28 bits per heavy atom. The topological polar surface area (TPSA) is 63.3 Å². The summed E-state index contributed by atoms with van der Waals surface area (Å²) in [5.74, 6) is -1.60. The van der Waals surface area contributed by atoms with Crippen LogP contribution in [0.2, 0.25) is 5.02 Å². The predicted molar refractivity (Wildman–Crippen MR) is 63.2 cm³/mol. The number of aromatic carboxylic acids is 1. The van der Waals surface area contributed by atoms with Crippen LogP contribution >= 0.6 is 11.6 Å². The molecule has 0 atom stereocenters. The molecule has 0 bridgehead atoms. The Bertz CT molecular complexity index is 609. The fraction of sp³-hybridized carbons (Fsp3) is 0.167. The minimum atomic E-state index is -1.21. The molecule has 0 amide bonds. The lowest BCUT2D eigenvalue weighted by molar-refractivity contribution is 0.0695. The van der Waals surface area contributed by atoms with Crippen LogP contribution in [-0.4, -0.2) is 16.2 Å². The van der Waals surface area contributed by atoms with E-state index in [0.29, 0.717) is 11.4 Å². The maximum absolute atomic E-state index is 13.7. The Hall–Kier alpha value is -1.88. The second-order valence-corrected chi connectivity index (χ2v) is 4.05. The summed E-state index contributed by atoms with van der Waals surface area (Å²) < 4.78 is 18.6. The van der Waals surface area contributed by atoms with Gasteiger partial charge in [0.2, 0.25) is 0 Å². The van der Waals surface area contributed by atoms with Gasteiger partial charge in [0.1, 0.15) is 17.1 Å². The van der Waals surface area contributed by atoms with Crippen molar-refractivity contribution in [2.24, 2.45) is 0 Å². The Balaban J connectivity index is 2.67. The smallest absolute Gasteiger partial charge is 0.341 e. The van der Waals surface area contributed by atoms with Crippen molar-refractivity contribution < 1.29 is 18.8 Å². The van der Waals surface area contributed by atoms with Gasteiger partial charge in [-0.25, -0.2) is 9.18 Å². The summed E-state index contributed by atoms with van der Waals surface area (Å²) in [7, 11) is 0. The van der Waals surface area contributed by atoms with Gasteiger partial charge < -0.3 is 9.63 Å². The molecule has 4 nitrogen and oxygen atoms in total. The fourth-order valence-corrected chi connectivity index (χ4v) is 1.82. The summed E-state index contributed by atoms with van der Waals surface area (Å²) in [5.41, 5.74) is -0.152. The van der Waals surface area contributed by atoms with Gasteiger partial charge >= 0.3 is 5.97 Å². The number of halogens is 2. The molecule has 6 heteroatoms. The lowest BCUT2D eigenvalue weighted by Crippen LogP contribution is -2.01. The third-order valence-corrected chi connectivity index (χ3v) is 2.72. The second-order valence-electron chi connectivity index (χ2n) is 3.61. The highest BCUT2D eigenvalue weighted by Gasteiger charge is 2.24. The third-order valence-electron chi connectivity index (χ3n) is 2.48. The highest BCUT2D eigenvalue weighted by molar-refractivity contribution is 6.30. The molecule has 1 aromatic heterocycles. The molecule has 0 aliphatic carbocycles. The van der Waals surface area contributed by atoms with Gasteiger partial charge in [-0.2, -0.15) is 0 Å². The summed E-state index contributed by atoms with van der Waals surface area (Å²) in [6.45, 7) is 1.73. The largest absolute Gasteiger partial charge is 0.477 e. The van der Waals surface area contributed by atoms with Crippen LogP contribution in [0.15, 0.2) is 22.7 Å². The SMILES string of the molecule is CCc1onc(-c2cc(Cl)ccc2F)c1C(=O)O. The van der Waals surface area contributed by atoms with Crippen molar-refractivity contribution in [3.63, 3.8) is 0 Å². The van der Waals surface area contributed by atoms with Crippen LogP contribution in [0.5, 0.6) is 0 Å². The van der Waals surface area contributed by atoms with Gasteiger partial charge in [-0.15, -0.1) is 0 Å². The predicted octanol–water partition coefficient (Wildman–Crippen LogP) is 3.39. The van der Waals surface area contributed by atoms with Gasteiger partial charge in [0.15, 0.2) is 5.76 Å². The Kier molecular flexibility index (Phi) is 3.34. The van der Waals surface area contributed by atoms with Crippen LogP contribution in [0.4, 0.5) is 4.39 Å². The van der Waals surface area contributed by atoms with Crippen LogP contribution in [-0.2, 0) is 6.42 Å². The molecule has 0 saturated heterocycles. The number of hydrogen-bond donors (Lipinski definition) is 1. The van der Waals surface area contributed by atoms with E-state index in [1.165, 1.54) is 12.1 Å². The Morgan fingerprint density at radius 1 is 1.56 bits per heavy atom. The van der Waals surface area contributed by atoms with E-state index >= 15 is 0 Å². The molecule has 1 aromatic carbocycles. The quantitative estimate of drug-likeness (QED) is 0.927. The molecule has 0 aliphatic heterocycles. The zero-order valence-corrected chi connectivity index (χ0v) is 10.2. The molecule has 0 saturated carbocycles. The minimum Gasteiger partial charge on any atom is -0.477 e. The van der Waals surface area contributed by atoms with Crippen LogP contribution in [0.3, 0.4) is 0 Å². The summed E-state index contributed by atoms with van der Waals surface area (Å²) >= 11 is 5.77. The number of aryl methyl sites for hydroxylation is 1. The van der Waals surface area contributed by atoms with Crippen LogP contribution in [0.1, 0.15) is 23.0 Å². The van der Waals surface area contributed by atoms with E-state index in [2.05, 4.69) is 5.16 Å². The zero-order chi connectivity index (χ0) is 13.3. The molecule has 18 heavy (non-hydrogen) atoms. The van der Waals surface area contributed by atoms with E-state index in [4.69, 9.17) is 21.2 Å². The molecule has 1 heterocycles. The first-order valence-corrected chi connectivity index (χ1v) is 5.59. The van der Waals surface area contributed by atoms with Gasteiger partial charge in [0, 0.05) is 17.0 Å². The summed E-state index contributed by atoms with van der Waals surface area (Å²) in [6.07, 6.45) is 0.358. The molecule has 94 valence electrons. The lowest BCUT2D eigenvalue weighted by Gasteiger charge is -2.01. The van der Waals surface area contributed by atoms with Crippen molar-refractivity contribution in [2.45, 2.75) is 13.3 Å². The monoisotopic (exact) mass is 269 g/mol. The molecular weight excluding hydrogens is 261 g/mol. The Labute approximate surface area is 107 Å². The van der Waals surface area contributed by atoms with E-state index in [-0.39, 0.29) is 22.6 Å². The van der Waals surface area contributed by atoms with Crippen molar-refractivity contribution in [3.8, 4) is 11.3 Å². The van der Waals surface area contributed by atoms with Crippen molar-refractivity contribution in [1.29, 1.82) is 0 Å². The first-order valence-electron chi connectivity index (χ1n) is 5.21.